The van der Waals surface area contributed by atoms with Crippen LogP contribution in [0.15, 0.2) is 12.2 Å². The number of allylic oxidation sites excluding steroid dienone is 2. The minimum Gasteiger partial charge on any atom is -0.383 e. The molecule has 16 heavy (non-hydrogen) atoms. The Balaban J connectivity index is 2.17. The summed E-state index contributed by atoms with van der Waals surface area (Å²) in [7, 11) is 1.76. The molecule has 0 spiro atoms. The Morgan fingerprint density at radius 2 is 2.38 bits per heavy atom. The topological polar surface area (TPSA) is 47.3 Å². The highest BCUT2D eigenvalue weighted by atomic mass is 16.5. The molecule has 0 amide bonds. The predicted molar refractivity (Wildman–Crippen MR) is 68.4 cm³/mol. The molecule has 3 N–H and O–H groups in total. The first-order valence-electron chi connectivity index (χ1n) is 6.44. The summed E-state index contributed by atoms with van der Waals surface area (Å²) in [6.07, 6.45) is 10.6. The average Bonchev–Trinajstić information content (AvgIpc) is 2.34. The first kappa shape index (κ1) is 13.7. The maximum Gasteiger partial charge on any atom is 0.0615 e. The third-order valence-electron chi connectivity index (χ3n) is 3.20. The van der Waals surface area contributed by atoms with Crippen LogP contribution >= 0.6 is 0 Å². The first-order chi connectivity index (χ1) is 7.86. The fourth-order valence-electron chi connectivity index (χ4n) is 2.18. The van der Waals surface area contributed by atoms with Crippen molar-refractivity contribution in [2.75, 3.05) is 26.8 Å². The Hall–Kier alpha value is -0.380. The highest BCUT2D eigenvalue weighted by molar-refractivity contribution is 4.90. The molecule has 0 heterocycles. The van der Waals surface area contributed by atoms with E-state index < -0.39 is 0 Å². The summed E-state index contributed by atoms with van der Waals surface area (Å²) in [6.45, 7) is 2.68. The number of rotatable bonds is 8. The zero-order valence-corrected chi connectivity index (χ0v) is 10.5. The summed E-state index contributed by atoms with van der Waals surface area (Å²) < 4.78 is 5.22. The van der Waals surface area contributed by atoms with Crippen molar-refractivity contribution in [2.45, 2.75) is 38.1 Å². The minimum atomic E-state index is 0.472. The summed E-state index contributed by atoms with van der Waals surface area (Å²) in [5.41, 5.74) is 5.53. The number of methoxy groups -OCH3 is 1. The second-order valence-electron chi connectivity index (χ2n) is 4.64. The molecule has 1 rings (SSSR count). The van der Waals surface area contributed by atoms with Gasteiger partial charge in [0, 0.05) is 13.2 Å². The highest BCUT2D eigenvalue weighted by Crippen LogP contribution is 2.17. The van der Waals surface area contributed by atoms with Crippen LogP contribution in [0.25, 0.3) is 0 Å². The molecular formula is C13H26N2O. The second kappa shape index (κ2) is 8.74. The van der Waals surface area contributed by atoms with E-state index in [4.69, 9.17) is 10.5 Å². The third-order valence-corrected chi connectivity index (χ3v) is 3.20. The van der Waals surface area contributed by atoms with Crippen molar-refractivity contribution in [1.29, 1.82) is 0 Å². The summed E-state index contributed by atoms with van der Waals surface area (Å²) in [6, 6.07) is 0.472. The molecule has 2 atom stereocenters. The molecule has 0 bridgehead atoms. The summed E-state index contributed by atoms with van der Waals surface area (Å²) in [5.74, 6) is 0.808. The van der Waals surface area contributed by atoms with Gasteiger partial charge in [-0.1, -0.05) is 12.2 Å². The van der Waals surface area contributed by atoms with Gasteiger partial charge in [0.25, 0.3) is 0 Å². The molecule has 0 radical (unpaired) electrons. The molecule has 0 saturated heterocycles. The van der Waals surface area contributed by atoms with Gasteiger partial charge in [-0.3, -0.25) is 0 Å². The number of nitrogens with two attached hydrogens (primary N) is 1. The number of hydrogen-bond acceptors (Lipinski definition) is 3. The van der Waals surface area contributed by atoms with E-state index in [1.54, 1.807) is 7.11 Å². The van der Waals surface area contributed by atoms with Crippen molar-refractivity contribution >= 4 is 0 Å². The van der Waals surface area contributed by atoms with Crippen LogP contribution in [0.4, 0.5) is 0 Å². The zero-order chi connectivity index (χ0) is 11.6. The lowest BCUT2D eigenvalue weighted by Crippen LogP contribution is -2.37. The maximum atomic E-state index is 5.53. The Morgan fingerprint density at radius 1 is 1.50 bits per heavy atom. The van der Waals surface area contributed by atoms with E-state index >= 15 is 0 Å². The largest absolute Gasteiger partial charge is 0.383 e. The van der Waals surface area contributed by atoms with Crippen molar-refractivity contribution in [3.63, 3.8) is 0 Å². The minimum absolute atomic E-state index is 0.472. The van der Waals surface area contributed by atoms with Gasteiger partial charge >= 0.3 is 0 Å². The van der Waals surface area contributed by atoms with Gasteiger partial charge < -0.3 is 15.8 Å². The van der Waals surface area contributed by atoms with Crippen molar-refractivity contribution in [1.82, 2.24) is 5.32 Å². The standard InChI is InChI=1S/C13H26N2O/c1-16-11-13(8-5-9-14)15-10-12-6-3-2-4-7-12/h2-3,12-13,15H,4-11,14H2,1H3. The van der Waals surface area contributed by atoms with Crippen molar-refractivity contribution in [3.8, 4) is 0 Å². The third kappa shape index (κ3) is 5.64. The Morgan fingerprint density at radius 3 is 3.00 bits per heavy atom. The smallest absolute Gasteiger partial charge is 0.0615 e. The van der Waals surface area contributed by atoms with Gasteiger partial charge in [-0.15, -0.1) is 0 Å². The molecule has 0 fully saturated rings. The van der Waals surface area contributed by atoms with E-state index in [-0.39, 0.29) is 0 Å². The molecular weight excluding hydrogens is 200 g/mol. The number of hydrogen-bond donors (Lipinski definition) is 2. The van der Waals surface area contributed by atoms with E-state index in [9.17, 15) is 0 Å². The van der Waals surface area contributed by atoms with Crippen LogP contribution in [0.3, 0.4) is 0 Å². The molecule has 2 unspecified atom stereocenters. The van der Waals surface area contributed by atoms with Crippen molar-refractivity contribution in [3.05, 3.63) is 12.2 Å². The van der Waals surface area contributed by atoms with E-state index in [0.29, 0.717) is 6.04 Å². The van der Waals surface area contributed by atoms with Crippen molar-refractivity contribution in [2.24, 2.45) is 11.7 Å². The second-order valence-corrected chi connectivity index (χ2v) is 4.64. The SMILES string of the molecule is COCC(CCCN)NCC1CC=CCC1. The van der Waals surface area contributed by atoms with E-state index in [2.05, 4.69) is 17.5 Å². The van der Waals surface area contributed by atoms with Crippen LogP contribution in [0.5, 0.6) is 0 Å². The van der Waals surface area contributed by atoms with E-state index in [1.165, 1.54) is 19.3 Å². The molecule has 0 aromatic carbocycles. The molecule has 0 aromatic heterocycles. The predicted octanol–water partition coefficient (Wildman–Crippen LogP) is 1.69. The fourth-order valence-corrected chi connectivity index (χ4v) is 2.18. The Bertz CT molecular complexity index is 194. The monoisotopic (exact) mass is 226 g/mol. The van der Waals surface area contributed by atoms with Crippen LogP contribution in [-0.4, -0.2) is 32.8 Å². The lowest BCUT2D eigenvalue weighted by Gasteiger charge is -2.23. The number of ether oxygens (including phenoxy) is 1. The van der Waals surface area contributed by atoms with E-state index in [1.807, 2.05) is 0 Å². The lowest BCUT2D eigenvalue weighted by atomic mass is 9.94. The fraction of sp³-hybridized carbons (Fsp3) is 0.846. The van der Waals surface area contributed by atoms with Gasteiger partial charge in [0.2, 0.25) is 0 Å². The molecule has 0 aliphatic heterocycles. The molecule has 3 heteroatoms. The Kier molecular flexibility index (Phi) is 7.47. The summed E-state index contributed by atoms with van der Waals surface area (Å²) in [5, 5.41) is 3.61. The maximum absolute atomic E-state index is 5.53. The lowest BCUT2D eigenvalue weighted by molar-refractivity contribution is 0.158. The number of nitrogens with one attached hydrogen (secondary N) is 1. The van der Waals surface area contributed by atoms with Gasteiger partial charge in [-0.25, -0.2) is 0 Å². The van der Waals surface area contributed by atoms with Crippen molar-refractivity contribution < 1.29 is 4.74 Å². The molecule has 0 aromatic rings. The molecule has 0 saturated carbocycles. The zero-order valence-electron chi connectivity index (χ0n) is 10.5. The highest BCUT2D eigenvalue weighted by Gasteiger charge is 2.13. The van der Waals surface area contributed by atoms with Gasteiger partial charge in [0.05, 0.1) is 6.61 Å². The van der Waals surface area contributed by atoms with Crippen LogP contribution in [0.1, 0.15) is 32.1 Å². The molecule has 94 valence electrons. The Labute approximate surface area is 99.4 Å². The first-order valence-corrected chi connectivity index (χ1v) is 6.44. The normalized spacial score (nSPS) is 22.2. The summed E-state index contributed by atoms with van der Waals surface area (Å²) in [4.78, 5) is 0. The van der Waals surface area contributed by atoms with Crippen LogP contribution in [0.2, 0.25) is 0 Å². The van der Waals surface area contributed by atoms with Gasteiger partial charge in [-0.2, -0.15) is 0 Å². The van der Waals surface area contributed by atoms with Gasteiger partial charge in [0.1, 0.15) is 0 Å². The molecule has 1 aliphatic rings. The van der Waals surface area contributed by atoms with Crippen LogP contribution in [-0.2, 0) is 4.74 Å². The van der Waals surface area contributed by atoms with Gasteiger partial charge in [-0.05, 0) is 51.1 Å². The molecule has 1 aliphatic carbocycles. The quantitative estimate of drug-likeness (QED) is 0.619. The van der Waals surface area contributed by atoms with Gasteiger partial charge in [0.15, 0.2) is 0 Å². The van der Waals surface area contributed by atoms with Crippen LogP contribution < -0.4 is 11.1 Å². The van der Waals surface area contributed by atoms with Crippen LogP contribution in [0, 0.1) is 5.92 Å². The molecule has 3 nitrogen and oxygen atoms in total. The summed E-state index contributed by atoms with van der Waals surface area (Å²) >= 11 is 0. The van der Waals surface area contributed by atoms with E-state index in [0.717, 1.165) is 38.5 Å². The average molecular weight is 226 g/mol.